The molecule has 0 spiro atoms. The van der Waals surface area contributed by atoms with Crippen molar-refractivity contribution in [1.82, 2.24) is 4.90 Å². The van der Waals surface area contributed by atoms with Gasteiger partial charge in [0.1, 0.15) is 12.4 Å². The number of halogens is 2. The highest BCUT2D eigenvalue weighted by Gasteiger charge is 2.31. The standard InChI is InChI=1S/C16H23Cl2NO3S/c1-2-3-7-19(14-6-10-23(20,21)12-14)8-9-22-16-5-4-13(17)11-15(16)18/h4-5,11,14H,2-3,6-10,12H2,1H3. The smallest absolute Gasteiger partial charge is 0.151 e. The Morgan fingerprint density at radius 2 is 2.09 bits per heavy atom. The zero-order valence-corrected chi connectivity index (χ0v) is 15.6. The van der Waals surface area contributed by atoms with Gasteiger partial charge in [-0.25, -0.2) is 8.42 Å². The van der Waals surface area contributed by atoms with Crippen molar-refractivity contribution in [3.05, 3.63) is 28.2 Å². The largest absolute Gasteiger partial charge is 0.491 e. The van der Waals surface area contributed by atoms with Crippen molar-refractivity contribution in [3.63, 3.8) is 0 Å². The van der Waals surface area contributed by atoms with Gasteiger partial charge in [-0.15, -0.1) is 0 Å². The molecule has 1 unspecified atom stereocenters. The Hall–Kier alpha value is -0.490. The Kier molecular flexibility index (Phi) is 7.01. The SMILES string of the molecule is CCCCN(CCOc1ccc(Cl)cc1Cl)C1CCS(=O)(=O)C1. The van der Waals surface area contributed by atoms with Gasteiger partial charge < -0.3 is 4.74 Å². The molecule has 1 saturated heterocycles. The van der Waals surface area contributed by atoms with Crippen LogP contribution in [0.15, 0.2) is 18.2 Å². The van der Waals surface area contributed by atoms with E-state index >= 15 is 0 Å². The van der Waals surface area contributed by atoms with Crippen LogP contribution >= 0.6 is 23.2 Å². The van der Waals surface area contributed by atoms with Crippen LogP contribution < -0.4 is 4.74 Å². The van der Waals surface area contributed by atoms with Gasteiger partial charge in [0.15, 0.2) is 9.84 Å². The molecular formula is C16H23Cl2NO3S. The number of sulfone groups is 1. The third-order valence-corrected chi connectivity index (χ3v) is 6.33. The third kappa shape index (κ3) is 5.82. The van der Waals surface area contributed by atoms with Crippen molar-refractivity contribution in [3.8, 4) is 5.75 Å². The number of ether oxygens (including phenoxy) is 1. The van der Waals surface area contributed by atoms with E-state index in [-0.39, 0.29) is 11.8 Å². The minimum absolute atomic E-state index is 0.107. The molecule has 0 bridgehead atoms. The molecule has 1 heterocycles. The van der Waals surface area contributed by atoms with E-state index in [0.717, 1.165) is 19.4 Å². The second kappa shape index (κ2) is 8.56. The van der Waals surface area contributed by atoms with Gasteiger partial charge in [0.2, 0.25) is 0 Å². The van der Waals surface area contributed by atoms with Gasteiger partial charge in [-0.05, 0) is 37.6 Å². The Morgan fingerprint density at radius 1 is 1.30 bits per heavy atom. The second-order valence-corrected chi connectivity index (χ2v) is 8.94. The first-order chi connectivity index (χ1) is 10.9. The highest BCUT2D eigenvalue weighted by atomic mass is 35.5. The van der Waals surface area contributed by atoms with Crippen LogP contribution in [0.1, 0.15) is 26.2 Å². The van der Waals surface area contributed by atoms with E-state index in [1.165, 1.54) is 0 Å². The Balaban J connectivity index is 1.90. The molecule has 1 aliphatic rings. The predicted molar refractivity (Wildman–Crippen MR) is 95.5 cm³/mol. The summed E-state index contributed by atoms with van der Waals surface area (Å²) < 4.78 is 29.1. The van der Waals surface area contributed by atoms with Crippen molar-refractivity contribution in [1.29, 1.82) is 0 Å². The Labute approximate surface area is 148 Å². The fourth-order valence-electron chi connectivity index (χ4n) is 2.77. The summed E-state index contributed by atoms with van der Waals surface area (Å²) in [5, 5.41) is 1.06. The molecule has 7 heteroatoms. The van der Waals surface area contributed by atoms with E-state index in [2.05, 4.69) is 11.8 Å². The van der Waals surface area contributed by atoms with Crippen LogP contribution in [0.4, 0.5) is 0 Å². The number of rotatable bonds is 8. The summed E-state index contributed by atoms with van der Waals surface area (Å²) in [6.45, 7) is 4.20. The maximum atomic E-state index is 11.7. The highest BCUT2D eigenvalue weighted by molar-refractivity contribution is 7.91. The van der Waals surface area contributed by atoms with E-state index in [4.69, 9.17) is 27.9 Å². The Morgan fingerprint density at radius 3 is 2.70 bits per heavy atom. The highest BCUT2D eigenvalue weighted by Crippen LogP contribution is 2.27. The average molecular weight is 380 g/mol. The van der Waals surface area contributed by atoms with E-state index < -0.39 is 9.84 Å². The number of nitrogens with zero attached hydrogens (tertiary/aromatic N) is 1. The summed E-state index contributed by atoms with van der Waals surface area (Å²) in [6, 6.07) is 5.25. The minimum atomic E-state index is -2.87. The van der Waals surface area contributed by atoms with Crippen LogP contribution in [-0.4, -0.2) is 50.6 Å². The molecule has 130 valence electrons. The molecule has 23 heavy (non-hydrogen) atoms. The van der Waals surface area contributed by atoms with Crippen LogP contribution in [0, 0.1) is 0 Å². The summed E-state index contributed by atoms with van der Waals surface area (Å²) in [4.78, 5) is 2.23. The summed E-state index contributed by atoms with van der Waals surface area (Å²) >= 11 is 12.0. The second-order valence-electron chi connectivity index (χ2n) is 5.87. The first-order valence-electron chi connectivity index (χ1n) is 7.93. The monoisotopic (exact) mass is 379 g/mol. The quantitative estimate of drug-likeness (QED) is 0.691. The van der Waals surface area contributed by atoms with Crippen molar-refractivity contribution in [2.75, 3.05) is 31.2 Å². The lowest BCUT2D eigenvalue weighted by atomic mass is 10.2. The molecule has 2 rings (SSSR count). The van der Waals surface area contributed by atoms with Crippen LogP contribution in [0.3, 0.4) is 0 Å². The minimum Gasteiger partial charge on any atom is -0.491 e. The van der Waals surface area contributed by atoms with E-state index in [1.807, 2.05) is 0 Å². The molecule has 4 nitrogen and oxygen atoms in total. The molecule has 1 aliphatic heterocycles. The maximum Gasteiger partial charge on any atom is 0.151 e. The fraction of sp³-hybridized carbons (Fsp3) is 0.625. The molecule has 0 N–H and O–H groups in total. The molecule has 1 fully saturated rings. The lowest BCUT2D eigenvalue weighted by molar-refractivity contribution is 0.168. The van der Waals surface area contributed by atoms with Crippen LogP contribution in [0.2, 0.25) is 10.0 Å². The van der Waals surface area contributed by atoms with E-state index in [0.29, 0.717) is 41.1 Å². The van der Waals surface area contributed by atoms with Crippen molar-refractivity contribution >= 4 is 33.0 Å². The van der Waals surface area contributed by atoms with Gasteiger partial charge in [0, 0.05) is 17.6 Å². The summed E-state index contributed by atoms with van der Waals surface area (Å²) in [5.74, 6) is 1.16. The van der Waals surface area contributed by atoms with Gasteiger partial charge in [0.05, 0.1) is 16.5 Å². The fourth-order valence-corrected chi connectivity index (χ4v) is 4.99. The maximum absolute atomic E-state index is 11.7. The van der Waals surface area contributed by atoms with Crippen molar-refractivity contribution in [2.45, 2.75) is 32.2 Å². The Bertz CT molecular complexity index is 622. The molecular weight excluding hydrogens is 357 g/mol. The normalized spacial score (nSPS) is 20.1. The van der Waals surface area contributed by atoms with Crippen LogP contribution in [0.5, 0.6) is 5.75 Å². The van der Waals surface area contributed by atoms with E-state index in [9.17, 15) is 8.42 Å². The molecule has 0 aliphatic carbocycles. The van der Waals surface area contributed by atoms with Gasteiger partial charge in [-0.1, -0.05) is 36.5 Å². The van der Waals surface area contributed by atoms with Gasteiger partial charge in [-0.2, -0.15) is 0 Å². The lowest BCUT2D eigenvalue weighted by Gasteiger charge is -2.27. The first kappa shape index (κ1) is 18.8. The summed E-state index contributed by atoms with van der Waals surface area (Å²) in [5.41, 5.74) is 0. The molecule has 1 atom stereocenters. The third-order valence-electron chi connectivity index (χ3n) is 4.05. The predicted octanol–water partition coefficient (Wildman–Crippen LogP) is 3.66. The van der Waals surface area contributed by atoms with Gasteiger partial charge in [-0.3, -0.25) is 4.90 Å². The van der Waals surface area contributed by atoms with E-state index in [1.54, 1.807) is 18.2 Å². The molecule has 1 aromatic carbocycles. The topological polar surface area (TPSA) is 46.6 Å². The zero-order chi connectivity index (χ0) is 16.9. The van der Waals surface area contributed by atoms with Crippen molar-refractivity contribution in [2.24, 2.45) is 0 Å². The summed E-state index contributed by atoms with van der Waals surface area (Å²) in [6.07, 6.45) is 2.85. The number of hydrogen-bond donors (Lipinski definition) is 0. The number of hydrogen-bond acceptors (Lipinski definition) is 4. The molecule has 0 radical (unpaired) electrons. The summed E-state index contributed by atoms with van der Waals surface area (Å²) in [7, 11) is -2.87. The van der Waals surface area contributed by atoms with Gasteiger partial charge >= 0.3 is 0 Å². The molecule has 0 aromatic heterocycles. The lowest BCUT2D eigenvalue weighted by Crippen LogP contribution is -2.39. The van der Waals surface area contributed by atoms with Crippen LogP contribution in [-0.2, 0) is 9.84 Å². The first-order valence-corrected chi connectivity index (χ1v) is 10.5. The van der Waals surface area contributed by atoms with Crippen molar-refractivity contribution < 1.29 is 13.2 Å². The van der Waals surface area contributed by atoms with Crippen LogP contribution in [0.25, 0.3) is 0 Å². The number of benzene rings is 1. The van der Waals surface area contributed by atoms with Gasteiger partial charge in [0.25, 0.3) is 0 Å². The molecule has 0 amide bonds. The molecule has 1 aromatic rings. The number of unbranched alkanes of at least 4 members (excludes halogenated alkanes) is 1. The average Bonchev–Trinajstić information content (AvgIpc) is 2.84. The zero-order valence-electron chi connectivity index (χ0n) is 13.3. The molecule has 0 saturated carbocycles.